The van der Waals surface area contributed by atoms with E-state index in [1.165, 1.54) is 0 Å². The number of anilines is 2. The van der Waals surface area contributed by atoms with E-state index in [-0.39, 0.29) is 19.5 Å². The third-order valence-electron chi connectivity index (χ3n) is 6.08. The number of hydrogen-bond donors (Lipinski definition) is 1. The number of carbonyl (C=O) groups is 3. The van der Waals surface area contributed by atoms with Gasteiger partial charge >= 0.3 is 12.1 Å². The summed E-state index contributed by atoms with van der Waals surface area (Å²) in [5.74, 6) is 0.288. The molecule has 34 heavy (non-hydrogen) atoms. The Morgan fingerprint density at radius 1 is 1.00 bits per heavy atom. The fraction of sp³-hybridized carbons (Fsp3) is 0.640. The SMILES string of the molecule is CC.CC(C)(C)OC(=O)N1CC(CN2CCN(c3ccc(N4CCC(=O)NC4=O)cc3)CC2)C1.[HH]. The van der Waals surface area contributed by atoms with E-state index in [9.17, 15) is 14.4 Å². The van der Waals surface area contributed by atoms with Crippen molar-refractivity contribution in [3.63, 3.8) is 0 Å². The molecule has 4 amide bonds. The Hall–Kier alpha value is -2.81. The molecular weight excluding hydrogens is 434 g/mol. The Bertz CT molecular complexity index is 860. The van der Waals surface area contributed by atoms with Gasteiger partial charge < -0.3 is 14.5 Å². The lowest BCUT2D eigenvalue weighted by Crippen LogP contribution is -2.57. The van der Waals surface area contributed by atoms with Crippen molar-refractivity contribution in [2.75, 3.05) is 62.2 Å². The highest BCUT2D eigenvalue weighted by molar-refractivity contribution is 6.05. The molecule has 3 fully saturated rings. The average molecular weight is 476 g/mol. The van der Waals surface area contributed by atoms with E-state index in [1.807, 2.05) is 58.9 Å². The van der Waals surface area contributed by atoms with E-state index >= 15 is 0 Å². The van der Waals surface area contributed by atoms with E-state index in [1.54, 1.807) is 9.80 Å². The standard InChI is InChI=1S/C23H33N5O4.C2H6.H2/c1-23(2,3)32-22(31)27-15-17(16-27)14-25-10-12-26(13-11-25)18-4-6-19(7-5-18)28-9-8-20(29)24-21(28)30;1-2;/h4-7,17H,8-16H2,1-3H3,(H,24,29,30);1-2H3;1H. The summed E-state index contributed by atoms with van der Waals surface area (Å²) in [5.41, 5.74) is 1.49. The van der Waals surface area contributed by atoms with Gasteiger partial charge in [0, 0.05) is 77.5 Å². The molecule has 0 aromatic heterocycles. The number of imide groups is 1. The Labute approximate surface area is 204 Å². The minimum atomic E-state index is -0.448. The summed E-state index contributed by atoms with van der Waals surface area (Å²) in [4.78, 5) is 43.6. The molecule has 0 unspecified atom stereocenters. The summed E-state index contributed by atoms with van der Waals surface area (Å²) in [6.45, 7) is 16.5. The first-order chi connectivity index (χ1) is 16.2. The van der Waals surface area contributed by atoms with Gasteiger partial charge in [-0.25, -0.2) is 9.59 Å². The molecule has 3 aliphatic heterocycles. The zero-order valence-electron chi connectivity index (χ0n) is 21.2. The molecule has 0 bridgehead atoms. The highest BCUT2D eigenvalue weighted by Crippen LogP contribution is 2.25. The van der Waals surface area contributed by atoms with Gasteiger partial charge in [-0.15, -0.1) is 0 Å². The molecule has 3 saturated heterocycles. The molecule has 0 radical (unpaired) electrons. The van der Waals surface area contributed by atoms with Crippen molar-refractivity contribution in [1.82, 2.24) is 15.1 Å². The third-order valence-corrected chi connectivity index (χ3v) is 6.08. The van der Waals surface area contributed by atoms with Crippen LogP contribution in [0.1, 0.15) is 42.5 Å². The highest BCUT2D eigenvalue weighted by atomic mass is 16.6. The predicted molar refractivity (Wildman–Crippen MR) is 135 cm³/mol. The number of ether oxygens (including phenoxy) is 1. The molecular formula is C25H41N5O4. The van der Waals surface area contributed by atoms with Crippen molar-refractivity contribution in [2.45, 2.75) is 46.6 Å². The van der Waals surface area contributed by atoms with Crippen molar-refractivity contribution in [3.8, 4) is 0 Å². The lowest BCUT2D eigenvalue weighted by molar-refractivity contribution is -0.120. The van der Waals surface area contributed by atoms with Crippen LogP contribution in [0.4, 0.5) is 21.0 Å². The molecule has 0 saturated carbocycles. The van der Waals surface area contributed by atoms with Gasteiger partial charge in [-0.2, -0.15) is 0 Å². The minimum Gasteiger partial charge on any atom is -0.444 e. The quantitative estimate of drug-likeness (QED) is 0.719. The van der Waals surface area contributed by atoms with E-state index in [2.05, 4.69) is 15.1 Å². The first-order valence-electron chi connectivity index (χ1n) is 12.3. The van der Waals surface area contributed by atoms with E-state index in [0.29, 0.717) is 18.9 Å². The first kappa shape index (κ1) is 25.8. The zero-order valence-corrected chi connectivity index (χ0v) is 21.2. The summed E-state index contributed by atoms with van der Waals surface area (Å²) in [7, 11) is 0. The lowest BCUT2D eigenvalue weighted by atomic mass is 10.00. The van der Waals surface area contributed by atoms with E-state index < -0.39 is 5.60 Å². The third kappa shape index (κ3) is 6.62. The number of amides is 4. The van der Waals surface area contributed by atoms with Crippen LogP contribution >= 0.6 is 0 Å². The Balaban J connectivity index is 0.00000140. The van der Waals surface area contributed by atoms with Gasteiger partial charge in [-0.05, 0) is 45.0 Å². The fourth-order valence-corrected chi connectivity index (χ4v) is 4.37. The number of likely N-dealkylation sites (tertiary alicyclic amines) is 1. The average Bonchev–Trinajstić information content (AvgIpc) is 2.77. The molecule has 190 valence electrons. The molecule has 3 aliphatic rings. The smallest absolute Gasteiger partial charge is 0.410 e. The first-order valence-corrected chi connectivity index (χ1v) is 12.3. The molecule has 0 aliphatic carbocycles. The largest absolute Gasteiger partial charge is 0.444 e. The van der Waals surface area contributed by atoms with Crippen LogP contribution in [0.3, 0.4) is 0 Å². The van der Waals surface area contributed by atoms with Crippen LogP contribution < -0.4 is 15.1 Å². The molecule has 9 heteroatoms. The van der Waals surface area contributed by atoms with Crippen molar-refractivity contribution in [3.05, 3.63) is 24.3 Å². The second-order valence-electron chi connectivity index (χ2n) is 9.81. The number of nitrogens with zero attached hydrogens (tertiary/aromatic N) is 4. The zero-order chi connectivity index (χ0) is 24.9. The monoisotopic (exact) mass is 475 g/mol. The number of nitrogens with one attached hydrogen (secondary N) is 1. The van der Waals surface area contributed by atoms with Crippen LogP contribution in [0.5, 0.6) is 0 Å². The second-order valence-corrected chi connectivity index (χ2v) is 9.81. The Kier molecular flexibility index (Phi) is 8.41. The number of urea groups is 1. The topological polar surface area (TPSA) is 85.4 Å². The van der Waals surface area contributed by atoms with Gasteiger partial charge in [0.15, 0.2) is 0 Å². The van der Waals surface area contributed by atoms with Crippen molar-refractivity contribution in [1.29, 1.82) is 0 Å². The Morgan fingerprint density at radius 2 is 1.59 bits per heavy atom. The summed E-state index contributed by atoms with van der Waals surface area (Å²) in [6, 6.07) is 7.61. The van der Waals surface area contributed by atoms with Crippen LogP contribution in [0.25, 0.3) is 0 Å². The van der Waals surface area contributed by atoms with Crippen LogP contribution in [0, 0.1) is 5.92 Å². The Morgan fingerprint density at radius 3 is 2.15 bits per heavy atom. The summed E-state index contributed by atoms with van der Waals surface area (Å²) in [5, 5.41) is 2.36. The maximum absolute atomic E-state index is 12.1. The second kappa shape index (κ2) is 11.1. The lowest BCUT2D eigenvalue weighted by Gasteiger charge is -2.44. The molecule has 1 aromatic rings. The summed E-state index contributed by atoms with van der Waals surface area (Å²) >= 11 is 0. The van der Waals surface area contributed by atoms with Gasteiger partial charge in [0.1, 0.15) is 5.60 Å². The molecule has 4 rings (SSSR count). The predicted octanol–water partition coefficient (Wildman–Crippen LogP) is 3.39. The summed E-state index contributed by atoms with van der Waals surface area (Å²) < 4.78 is 5.43. The van der Waals surface area contributed by atoms with E-state index in [0.717, 1.165) is 57.2 Å². The minimum absolute atomic E-state index is 0. The molecule has 9 nitrogen and oxygen atoms in total. The van der Waals surface area contributed by atoms with Crippen molar-refractivity contribution >= 4 is 29.4 Å². The van der Waals surface area contributed by atoms with Gasteiger partial charge in [0.25, 0.3) is 0 Å². The van der Waals surface area contributed by atoms with Crippen LogP contribution in [0.15, 0.2) is 24.3 Å². The van der Waals surface area contributed by atoms with Crippen molar-refractivity contribution in [2.24, 2.45) is 5.92 Å². The molecule has 1 aromatic carbocycles. The molecule has 0 spiro atoms. The van der Waals surface area contributed by atoms with Gasteiger partial charge in [-0.1, -0.05) is 13.8 Å². The van der Waals surface area contributed by atoms with Gasteiger partial charge in [0.05, 0.1) is 0 Å². The highest BCUT2D eigenvalue weighted by Gasteiger charge is 2.35. The maximum atomic E-state index is 12.1. The normalized spacial score (nSPS) is 19.7. The molecule has 1 N–H and O–H groups in total. The number of hydrogen-bond acceptors (Lipinski definition) is 6. The number of rotatable bonds is 4. The van der Waals surface area contributed by atoms with E-state index in [4.69, 9.17) is 4.74 Å². The number of piperazine rings is 1. The van der Waals surface area contributed by atoms with Gasteiger partial charge in [0.2, 0.25) is 5.91 Å². The number of benzene rings is 1. The molecule has 0 atom stereocenters. The fourth-order valence-electron chi connectivity index (χ4n) is 4.37. The maximum Gasteiger partial charge on any atom is 0.410 e. The summed E-state index contributed by atoms with van der Waals surface area (Å²) in [6.07, 6.45) is 0.113. The van der Waals surface area contributed by atoms with Crippen LogP contribution in [-0.4, -0.2) is 85.8 Å². The van der Waals surface area contributed by atoms with Crippen LogP contribution in [0.2, 0.25) is 0 Å². The van der Waals surface area contributed by atoms with Crippen molar-refractivity contribution < 1.29 is 20.5 Å². The molecule has 3 heterocycles. The van der Waals surface area contributed by atoms with Gasteiger partial charge in [-0.3, -0.25) is 19.9 Å². The van der Waals surface area contributed by atoms with Crippen LogP contribution in [-0.2, 0) is 9.53 Å². The number of carbonyl (C=O) groups excluding carboxylic acids is 3.